The van der Waals surface area contributed by atoms with Crippen LogP contribution in [0.5, 0.6) is 0 Å². The first kappa shape index (κ1) is 26.6. The number of halogens is 1. The van der Waals surface area contributed by atoms with E-state index in [1.165, 1.54) is 23.2 Å². The Morgan fingerprint density at radius 3 is 2.83 bits per heavy atom. The van der Waals surface area contributed by atoms with Crippen LogP contribution in [0.1, 0.15) is 37.1 Å². The van der Waals surface area contributed by atoms with E-state index in [1.807, 2.05) is 32.0 Å². The van der Waals surface area contributed by atoms with Crippen LogP contribution in [0.2, 0.25) is 0 Å². The van der Waals surface area contributed by atoms with Crippen LogP contribution in [0.15, 0.2) is 48.2 Å². The van der Waals surface area contributed by atoms with Crippen molar-refractivity contribution in [2.45, 2.75) is 39.2 Å². The Balaban J connectivity index is 1.67. The van der Waals surface area contributed by atoms with Crippen LogP contribution in [-0.2, 0) is 17.6 Å². The van der Waals surface area contributed by atoms with E-state index in [4.69, 9.17) is 5.41 Å². The molecule has 9 heteroatoms. The first-order chi connectivity index (χ1) is 17.1. The van der Waals surface area contributed by atoms with Crippen LogP contribution in [0.25, 0.3) is 0 Å². The molecule has 0 spiro atoms. The first-order valence-corrected chi connectivity index (χ1v) is 11.5. The molecule has 0 saturated carbocycles. The summed E-state index contributed by atoms with van der Waals surface area (Å²) in [6.45, 7) is 3.63. The zero-order chi connectivity index (χ0) is 26.3. The van der Waals surface area contributed by atoms with Crippen molar-refractivity contribution in [3.63, 3.8) is 0 Å². The summed E-state index contributed by atoms with van der Waals surface area (Å²) in [5.74, 6) is 5.23. The number of rotatable bonds is 6. The number of nitrogens with zero attached hydrogens (tertiary/aromatic N) is 2. The average Bonchev–Trinajstić information content (AvgIpc) is 2.97. The van der Waals surface area contributed by atoms with Gasteiger partial charge in [0.1, 0.15) is 6.04 Å². The number of allylic oxidation sites excluding steroid dienone is 1. The fraction of sp³-hybridized carbons (Fsp3) is 0.333. The van der Waals surface area contributed by atoms with Crippen LogP contribution < -0.4 is 15.5 Å². The van der Waals surface area contributed by atoms with Crippen LogP contribution in [0.4, 0.5) is 14.9 Å². The summed E-state index contributed by atoms with van der Waals surface area (Å²) >= 11 is 0. The van der Waals surface area contributed by atoms with Gasteiger partial charge in [-0.15, -0.1) is 0 Å². The lowest BCUT2D eigenvalue weighted by molar-refractivity contribution is -0.120. The summed E-state index contributed by atoms with van der Waals surface area (Å²) in [7, 11) is 1.66. The molecule has 188 valence electrons. The van der Waals surface area contributed by atoms with E-state index in [9.17, 15) is 19.1 Å². The molecule has 1 aliphatic heterocycles. The second-order valence-electron chi connectivity index (χ2n) is 9.23. The van der Waals surface area contributed by atoms with Gasteiger partial charge in [-0.25, -0.2) is 9.78 Å². The molecule has 1 aliphatic rings. The van der Waals surface area contributed by atoms with Crippen molar-refractivity contribution >= 4 is 23.8 Å². The van der Waals surface area contributed by atoms with Gasteiger partial charge in [0.05, 0.1) is 6.61 Å². The summed E-state index contributed by atoms with van der Waals surface area (Å²) in [4.78, 5) is 30.9. The number of aromatic nitrogens is 1. The van der Waals surface area contributed by atoms with Gasteiger partial charge in [-0.3, -0.25) is 4.79 Å². The Kier molecular flexibility index (Phi) is 8.56. The molecule has 3 amide bonds. The van der Waals surface area contributed by atoms with Crippen LogP contribution >= 0.6 is 0 Å². The number of hydrogen-bond donors (Lipinski definition) is 4. The maximum absolute atomic E-state index is 13.3. The van der Waals surface area contributed by atoms with E-state index in [1.54, 1.807) is 13.1 Å². The predicted octanol–water partition coefficient (Wildman–Crippen LogP) is 2.94. The molecule has 8 nitrogen and oxygen atoms in total. The van der Waals surface area contributed by atoms with Crippen molar-refractivity contribution in [3.05, 3.63) is 70.9 Å². The number of nitrogens with one attached hydrogen (secondary N) is 3. The van der Waals surface area contributed by atoms with Gasteiger partial charge in [0.25, 0.3) is 0 Å². The third-order valence-corrected chi connectivity index (χ3v) is 5.76. The van der Waals surface area contributed by atoms with Gasteiger partial charge >= 0.3 is 6.03 Å². The average molecular weight is 492 g/mol. The number of carbonyl (C=O) groups is 2. The van der Waals surface area contributed by atoms with E-state index >= 15 is 0 Å². The lowest BCUT2D eigenvalue weighted by atomic mass is 9.95. The molecule has 0 fully saturated rings. The number of pyridine rings is 1. The zero-order valence-corrected chi connectivity index (χ0v) is 20.6. The van der Waals surface area contributed by atoms with Crippen molar-refractivity contribution in [2.75, 3.05) is 18.6 Å². The highest BCUT2D eigenvalue weighted by Gasteiger charge is 2.29. The minimum Gasteiger partial charge on any atom is -0.395 e. The van der Waals surface area contributed by atoms with Crippen molar-refractivity contribution in [3.8, 4) is 11.8 Å². The number of likely N-dealkylation sites (N-methyl/N-ethyl adjacent to an activating group) is 1. The second-order valence-corrected chi connectivity index (χ2v) is 9.23. The molecular formula is C27H30FN5O3. The molecule has 1 aromatic heterocycles. The summed E-state index contributed by atoms with van der Waals surface area (Å²) in [5.41, 5.74) is 2.74. The Labute approximate surface area is 210 Å². The predicted molar refractivity (Wildman–Crippen MR) is 136 cm³/mol. The third-order valence-electron chi connectivity index (χ3n) is 5.76. The monoisotopic (exact) mass is 491 g/mol. The normalized spacial score (nSPS) is 15.8. The Morgan fingerprint density at radius 2 is 2.14 bits per heavy atom. The lowest BCUT2D eigenvalue weighted by Crippen LogP contribution is -2.49. The van der Waals surface area contributed by atoms with Gasteiger partial charge in [-0.2, -0.15) is 4.39 Å². The number of anilines is 1. The van der Waals surface area contributed by atoms with Crippen LogP contribution in [-0.4, -0.2) is 47.9 Å². The Morgan fingerprint density at radius 1 is 1.36 bits per heavy atom. The van der Waals surface area contributed by atoms with Crippen molar-refractivity contribution in [1.82, 2.24) is 15.6 Å². The van der Waals surface area contributed by atoms with E-state index < -0.39 is 23.4 Å². The van der Waals surface area contributed by atoms with Crippen LogP contribution in [0.3, 0.4) is 0 Å². The SMILES string of the molecule is CN1C(=O)[C@H](NC(=O)N/C=C(\C=N)Cc2cccc(F)n2)CCc2ccc(C#CC(C)(C)CO)cc21. The van der Waals surface area contributed by atoms with Gasteiger partial charge in [0, 0.05) is 48.2 Å². The quantitative estimate of drug-likeness (QED) is 0.282. The van der Waals surface area contributed by atoms with E-state index in [0.717, 1.165) is 23.0 Å². The fourth-order valence-corrected chi connectivity index (χ4v) is 3.62. The van der Waals surface area contributed by atoms with E-state index in [2.05, 4.69) is 27.5 Å². The molecule has 36 heavy (non-hydrogen) atoms. The Bertz CT molecular complexity index is 1250. The highest BCUT2D eigenvalue weighted by molar-refractivity contribution is 6.00. The van der Waals surface area contributed by atoms with Gasteiger partial charge in [-0.1, -0.05) is 24.0 Å². The molecule has 4 N–H and O–H groups in total. The highest BCUT2D eigenvalue weighted by atomic mass is 19.1. The summed E-state index contributed by atoms with van der Waals surface area (Å²) in [6, 6.07) is 8.71. The van der Waals surface area contributed by atoms with Crippen molar-refractivity contribution in [1.29, 1.82) is 5.41 Å². The number of amides is 3. The van der Waals surface area contributed by atoms with Gasteiger partial charge in [0.2, 0.25) is 11.9 Å². The largest absolute Gasteiger partial charge is 0.395 e. The molecule has 2 aromatic rings. The molecule has 1 atom stereocenters. The third kappa shape index (κ3) is 6.99. The summed E-state index contributed by atoms with van der Waals surface area (Å²) in [5, 5.41) is 22.2. The number of benzene rings is 1. The van der Waals surface area contributed by atoms with Gasteiger partial charge in [0.15, 0.2) is 0 Å². The molecule has 3 rings (SSSR count). The highest BCUT2D eigenvalue weighted by Crippen LogP contribution is 2.27. The standard InChI is InChI=1S/C27H30FN5O3/c1-27(2,17-34)12-11-18-7-8-20-9-10-22(25(35)33(3)23(20)14-18)32-26(36)30-16-19(15-29)13-21-5-4-6-24(28)31-21/h4-8,14-16,22,29,34H,9-10,13,17H2,1-3H3,(H2,30,32,36)/b19-16-,29-15?/t22-/m1/s1. The number of carbonyl (C=O) groups excluding carboxylic acids is 2. The lowest BCUT2D eigenvalue weighted by Gasteiger charge is -2.22. The first-order valence-electron chi connectivity index (χ1n) is 11.5. The molecule has 2 heterocycles. The van der Waals surface area contributed by atoms with Gasteiger partial charge in [-0.05, 0) is 62.1 Å². The number of aliphatic hydroxyl groups excluding tert-OH is 1. The second kappa shape index (κ2) is 11.6. The molecule has 0 bridgehead atoms. The maximum atomic E-state index is 13.3. The van der Waals surface area contributed by atoms with Crippen molar-refractivity contribution < 1.29 is 19.1 Å². The number of aryl methyl sites for hydroxylation is 1. The Hall–Kier alpha value is -4.03. The molecule has 0 radical (unpaired) electrons. The fourth-order valence-electron chi connectivity index (χ4n) is 3.62. The smallest absolute Gasteiger partial charge is 0.319 e. The number of urea groups is 1. The molecule has 0 saturated heterocycles. The topological polar surface area (TPSA) is 118 Å². The molecular weight excluding hydrogens is 461 g/mol. The number of fused-ring (bicyclic) bond motifs is 1. The summed E-state index contributed by atoms with van der Waals surface area (Å²) in [6.07, 6.45) is 3.56. The molecule has 0 unspecified atom stereocenters. The minimum atomic E-state index is -0.744. The van der Waals surface area contributed by atoms with Crippen molar-refractivity contribution in [2.24, 2.45) is 5.41 Å². The van der Waals surface area contributed by atoms with E-state index in [-0.39, 0.29) is 18.9 Å². The number of aliphatic hydroxyl groups is 1. The number of hydrogen-bond acceptors (Lipinski definition) is 5. The van der Waals surface area contributed by atoms with Gasteiger partial charge < -0.3 is 26.0 Å². The molecule has 1 aromatic carbocycles. The van der Waals surface area contributed by atoms with E-state index in [0.29, 0.717) is 24.1 Å². The minimum absolute atomic E-state index is 0.0586. The molecule has 0 aliphatic carbocycles. The summed E-state index contributed by atoms with van der Waals surface area (Å²) < 4.78 is 13.3. The zero-order valence-electron chi connectivity index (χ0n) is 20.6. The van der Waals surface area contributed by atoms with Crippen LogP contribution in [0, 0.1) is 28.6 Å². The maximum Gasteiger partial charge on any atom is 0.319 e.